The van der Waals surface area contributed by atoms with Crippen LogP contribution in [0.25, 0.3) is 0 Å². The highest BCUT2D eigenvalue weighted by atomic mass is 16.6. The van der Waals surface area contributed by atoms with Gasteiger partial charge in [-0.3, -0.25) is 0 Å². The summed E-state index contributed by atoms with van der Waals surface area (Å²) in [7, 11) is 0. The van der Waals surface area contributed by atoms with Crippen molar-refractivity contribution in [1.82, 2.24) is 5.32 Å². The number of benzene rings is 1. The van der Waals surface area contributed by atoms with Gasteiger partial charge in [-0.05, 0) is 31.9 Å². The lowest BCUT2D eigenvalue weighted by molar-refractivity contribution is -0.0152. The van der Waals surface area contributed by atoms with Crippen LogP contribution in [0, 0.1) is 0 Å². The van der Waals surface area contributed by atoms with E-state index in [-0.39, 0.29) is 6.54 Å². The first-order chi connectivity index (χ1) is 9.73. The lowest BCUT2D eigenvalue weighted by atomic mass is 10.0. The number of ether oxygens (including phenoxy) is 1. The maximum atomic E-state index is 11.5. The number of hydrogen-bond acceptors (Lipinski definition) is 5. The molecule has 1 aromatic rings. The number of aliphatic hydroxyl groups excluding tert-OH is 3. The Labute approximate surface area is 124 Å². The van der Waals surface area contributed by atoms with Crippen molar-refractivity contribution in [3.8, 4) is 0 Å². The first kappa shape index (κ1) is 17.4. The van der Waals surface area contributed by atoms with E-state index >= 15 is 0 Å². The average molecular weight is 297 g/mol. The Balaban J connectivity index is 2.63. The number of carbonyl (C=O) groups is 1. The molecule has 21 heavy (non-hydrogen) atoms. The summed E-state index contributed by atoms with van der Waals surface area (Å²) in [5, 5.41) is 30.7. The van der Waals surface area contributed by atoms with Crippen molar-refractivity contribution in [3.63, 3.8) is 0 Å². The van der Waals surface area contributed by atoms with Crippen molar-refractivity contribution >= 4 is 6.09 Å². The second-order valence-electron chi connectivity index (χ2n) is 5.80. The zero-order chi connectivity index (χ0) is 16.0. The first-order valence-corrected chi connectivity index (χ1v) is 6.75. The van der Waals surface area contributed by atoms with Gasteiger partial charge in [-0.25, -0.2) is 4.79 Å². The summed E-state index contributed by atoms with van der Waals surface area (Å²) < 4.78 is 5.12. The molecule has 0 fully saturated rings. The molecule has 6 heteroatoms. The maximum Gasteiger partial charge on any atom is 0.407 e. The molecule has 118 valence electrons. The van der Waals surface area contributed by atoms with Crippen LogP contribution in [0.5, 0.6) is 0 Å². The Morgan fingerprint density at radius 3 is 2.57 bits per heavy atom. The molecule has 1 aromatic carbocycles. The quantitative estimate of drug-likeness (QED) is 0.652. The molecule has 1 rings (SSSR count). The molecular weight excluding hydrogens is 274 g/mol. The first-order valence-electron chi connectivity index (χ1n) is 6.75. The highest BCUT2D eigenvalue weighted by Crippen LogP contribution is 2.18. The van der Waals surface area contributed by atoms with Crippen LogP contribution in [0.4, 0.5) is 4.79 Å². The van der Waals surface area contributed by atoms with E-state index in [1.54, 1.807) is 45.0 Å². The number of aliphatic hydroxyl groups is 3. The third-order valence-electron chi connectivity index (χ3n) is 2.68. The van der Waals surface area contributed by atoms with Crippen molar-refractivity contribution in [3.05, 3.63) is 35.4 Å². The van der Waals surface area contributed by atoms with E-state index in [1.807, 2.05) is 0 Å². The van der Waals surface area contributed by atoms with Gasteiger partial charge in [0.25, 0.3) is 0 Å². The van der Waals surface area contributed by atoms with Gasteiger partial charge < -0.3 is 25.4 Å². The van der Waals surface area contributed by atoms with E-state index in [0.29, 0.717) is 5.56 Å². The van der Waals surface area contributed by atoms with E-state index < -0.39 is 30.5 Å². The predicted molar refractivity (Wildman–Crippen MR) is 77.6 cm³/mol. The number of alkyl carbamates (subject to hydrolysis) is 1. The Morgan fingerprint density at radius 1 is 1.33 bits per heavy atom. The largest absolute Gasteiger partial charge is 0.444 e. The van der Waals surface area contributed by atoms with Gasteiger partial charge in [-0.15, -0.1) is 0 Å². The third kappa shape index (κ3) is 6.12. The molecule has 2 unspecified atom stereocenters. The van der Waals surface area contributed by atoms with E-state index in [9.17, 15) is 15.0 Å². The van der Waals surface area contributed by atoms with Gasteiger partial charge >= 0.3 is 6.09 Å². The van der Waals surface area contributed by atoms with Gasteiger partial charge in [-0.1, -0.05) is 24.3 Å². The Hall–Kier alpha value is -1.63. The van der Waals surface area contributed by atoms with Crippen molar-refractivity contribution in [2.75, 3.05) is 6.61 Å². The maximum absolute atomic E-state index is 11.5. The van der Waals surface area contributed by atoms with Crippen molar-refractivity contribution in [1.29, 1.82) is 0 Å². The highest BCUT2D eigenvalue weighted by Gasteiger charge is 2.18. The van der Waals surface area contributed by atoms with Crippen LogP contribution >= 0.6 is 0 Å². The highest BCUT2D eigenvalue weighted by molar-refractivity contribution is 5.67. The SMILES string of the molecule is CC(C)(C)OC(=O)NCc1cccc(C(O)C(O)CO)c1. The lowest BCUT2D eigenvalue weighted by Gasteiger charge is -2.20. The predicted octanol–water partition coefficient (Wildman–Crippen LogP) is 1.10. The van der Waals surface area contributed by atoms with Gasteiger partial charge in [0, 0.05) is 6.54 Å². The summed E-state index contributed by atoms with van der Waals surface area (Å²) in [6.07, 6.45) is -2.93. The van der Waals surface area contributed by atoms with Crippen molar-refractivity contribution in [2.24, 2.45) is 0 Å². The van der Waals surface area contributed by atoms with E-state index in [1.165, 1.54) is 0 Å². The van der Waals surface area contributed by atoms with Crippen molar-refractivity contribution < 1.29 is 24.9 Å². The molecule has 0 saturated carbocycles. The lowest BCUT2D eigenvalue weighted by Crippen LogP contribution is -2.32. The zero-order valence-electron chi connectivity index (χ0n) is 12.5. The Morgan fingerprint density at radius 2 is 2.00 bits per heavy atom. The second kappa shape index (κ2) is 7.40. The van der Waals surface area contributed by atoms with E-state index in [4.69, 9.17) is 9.84 Å². The van der Waals surface area contributed by atoms with Gasteiger partial charge in [0.05, 0.1) is 6.61 Å². The molecule has 2 atom stereocenters. The molecular formula is C15H23NO5. The molecule has 0 aliphatic heterocycles. The van der Waals surface area contributed by atoms with Crippen LogP contribution in [0.1, 0.15) is 38.0 Å². The van der Waals surface area contributed by atoms with E-state index in [0.717, 1.165) is 5.56 Å². The molecule has 0 radical (unpaired) electrons. The number of rotatable bonds is 5. The summed E-state index contributed by atoms with van der Waals surface area (Å²) in [4.78, 5) is 11.5. The van der Waals surface area contributed by atoms with Crippen LogP contribution < -0.4 is 5.32 Å². The number of hydrogen-bond donors (Lipinski definition) is 4. The van der Waals surface area contributed by atoms with Crippen LogP contribution in [0.3, 0.4) is 0 Å². The molecule has 4 N–H and O–H groups in total. The molecule has 0 heterocycles. The minimum absolute atomic E-state index is 0.241. The fourth-order valence-electron chi connectivity index (χ4n) is 1.70. The van der Waals surface area contributed by atoms with Crippen LogP contribution in [-0.2, 0) is 11.3 Å². The van der Waals surface area contributed by atoms with Gasteiger partial charge in [-0.2, -0.15) is 0 Å². The molecule has 0 spiro atoms. The standard InChI is InChI=1S/C15H23NO5/c1-15(2,3)21-14(20)16-8-10-5-4-6-11(7-10)13(19)12(18)9-17/h4-7,12-13,17-19H,8-9H2,1-3H3,(H,16,20). The van der Waals surface area contributed by atoms with Gasteiger partial charge in [0.1, 0.15) is 17.8 Å². The normalized spacial score (nSPS) is 14.4. The molecule has 0 aliphatic rings. The monoisotopic (exact) mass is 297 g/mol. The van der Waals surface area contributed by atoms with Gasteiger partial charge in [0.2, 0.25) is 0 Å². The summed E-state index contributed by atoms with van der Waals surface area (Å²) in [6.45, 7) is 5.05. The number of carbonyl (C=O) groups excluding carboxylic acids is 1. The molecule has 0 saturated heterocycles. The second-order valence-corrected chi connectivity index (χ2v) is 5.80. The summed E-state index contributed by atoms with van der Waals surface area (Å²) in [5.41, 5.74) is 0.662. The number of nitrogens with one attached hydrogen (secondary N) is 1. The number of amides is 1. The summed E-state index contributed by atoms with van der Waals surface area (Å²) >= 11 is 0. The van der Waals surface area contributed by atoms with E-state index in [2.05, 4.69) is 5.32 Å². The summed E-state index contributed by atoms with van der Waals surface area (Å²) in [6, 6.07) is 6.77. The fraction of sp³-hybridized carbons (Fsp3) is 0.533. The topological polar surface area (TPSA) is 99.0 Å². The smallest absolute Gasteiger partial charge is 0.407 e. The van der Waals surface area contributed by atoms with Crippen LogP contribution in [0.2, 0.25) is 0 Å². The minimum Gasteiger partial charge on any atom is -0.444 e. The molecule has 0 aromatic heterocycles. The zero-order valence-corrected chi connectivity index (χ0v) is 12.5. The van der Waals surface area contributed by atoms with Gasteiger partial charge in [0.15, 0.2) is 0 Å². The summed E-state index contributed by atoms with van der Waals surface area (Å²) in [5.74, 6) is 0. The Kier molecular flexibility index (Phi) is 6.14. The molecule has 0 aliphatic carbocycles. The molecule has 0 bridgehead atoms. The minimum atomic E-state index is -1.24. The third-order valence-corrected chi connectivity index (χ3v) is 2.68. The van der Waals surface area contributed by atoms with Crippen LogP contribution in [0.15, 0.2) is 24.3 Å². The van der Waals surface area contributed by atoms with Crippen LogP contribution in [-0.4, -0.2) is 39.7 Å². The average Bonchev–Trinajstić information content (AvgIpc) is 2.42. The van der Waals surface area contributed by atoms with Crippen molar-refractivity contribution in [2.45, 2.75) is 45.1 Å². The Bertz CT molecular complexity index is 469. The molecule has 6 nitrogen and oxygen atoms in total. The fourth-order valence-corrected chi connectivity index (χ4v) is 1.70. The molecule has 1 amide bonds.